The van der Waals surface area contributed by atoms with Crippen LogP contribution in [0.3, 0.4) is 0 Å². The molecular formula is C16H26N2O3. The van der Waals surface area contributed by atoms with Gasteiger partial charge < -0.3 is 14.7 Å². The van der Waals surface area contributed by atoms with Crippen LogP contribution in [0.5, 0.6) is 0 Å². The SMILES string of the molecule is CCCCCCOC(=O)/C(C#N)=C/C=C/N(CC)CCO. The third-order valence-electron chi connectivity index (χ3n) is 2.92. The van der Waals surface area contributed by atoms with Crippen molar-refractivity contribution in [3.63, 3.8) is 0 Å². The van der Waals surface area contributed by atoms with Gasteiger partial charge in [-0.1, -0.05) is 26.2 Å². The van der Waals surface area contributed by atoms with Crippen molar-refractivity contribution >= 4 is 5.97 Å². The summed E-state index contributed by atoms with van der Waals surface area (Å²) >= 11 is 0. The standard InChI is InChI=1S/C16H26N2O3/c1-3-5-6-7-13-21-16(20)15(14-17)9-8-10-18(4-2)11-12-19/h8-10,19H,3-7,11-13H2,1-2H3/b10-8+,15-9+. The van der Waals surface area contributed by atoms with Gasteiger partial charge in [0.2, 0.25) is 0 Å². The molecule has 0 aliphatic rings. The molecule has 0 radical (unpaired) electrons. The molecule has 0 atom stereocenters. The van der Waals surface area contributed by atoms with Crippen molar-refractivity contribution in [1.82, 2.24) is 4.90 Å². The fourth-order valence-corrected chi connectivity index (χ4v) is 1.65. The Morgan fingerprint density at radius 1 is 1.33 bits per heavy atom. The van der Waals surface area contributed by atoms with E-state index in [1.54, 1.807) is 12.3 Å². The van der Waals surface area contributed by atoms with Gasteiger partial charge in [0.1, 0.15) is 11.6 Å². The highest BCUT2D eigenvalue weighted by molar-refractivity contribution is 5.93. The number of carbonyl (C=O) groups is 1. The highest BCUT2D eigenvalue weighted by atomic mass is 16.5. The van der Waals surface area contributed by atoms with E-state index in [9.17, 15) is 4.79 Å². The molecule has 5 nitrogen and oxygen atoms in total. The molecule has 0 saturated carbocycles. The molecule has 0 aliphatic carbocycles. The Kier molecular flexibility index (Phi) is 12.1. The number of rotatable bonds is 11. The summed E-state index contributed by atoms with van der Waals surface area (Å²) < 4.78 is 5.06. The fourth-order valence-electron chi connectivity index (χ4n) is 1.65. The lowest BCUT2D eigenvalue weighted by Gasteiger charge is -2.15. The average Bonchev–Trinajstić information content (AvgIpc) is 2.50. The topological polar surface area (TPSA) is 73.6 Å². The third kappa shape index (κ3) is 9.69. The van der Waals surface area contributed by atoms with E-state index in [1.807, 2.05) is 17.9 Å². The molecule has 1 N–H and O–H groups in total. The lowest BCUT2D eigenvalue weighted by molar-refractivity contribution is -0.138. The number of unbranched alkanes of at least 4 members (excludes halogenated alkanes) is 3. The largest absolute Gasteiger partial charge is 0.462 e. The summed E-state index contributed by atoms with van der Waals surface area (Å²) in [4.78, 5) is 13.6. The number of carbonyl (C=O) groups excluding carboxylic acids is 1. The molecule has 0 aromatic heterocycles. The molecule has 0 unspecified atom stereocenters. The van der Waals surface area contributed by atoms with Gasteiger partial charge in [0.05, 0.1) is 13.2 Å². The van der Waals surface area contributed by atoms with Gasteiger partial charge in [-0.05, 0) is 31.7 Å². The van der Waals surface area contributed by atoms with Crippen LogP contribution in [0, 0.1) is 11.3 Å². The number of nitriles is 1. The lowest BCUT2D eigenvalue weighted by atomic mass is 10.2. The average molecular weight is 294 g/mol. The Morgan fingerprint density at radius 2 is 2.10 bits per heavy atom. The first-order chi connectivity index (χ1) is 10.2. The van der Waals surface area contributed by atoms with Gasteiger partial charge in [0.15, 0.2) is 0 Å². The zero-order valence-corrected chi connectivity index (χ0v) is 13.0. The van der Waals surface area contributed by atoms with Crippen molar-refractivity contribution in [1.29, 1.82) is 5.26 Å². The van der Waals surface area contributed by atoms with E-state index in [2.05, 4.69) is 6.92 Å². The van der Waals surface area contributed by atoms with Gasteiger partial charge in [-0.15, -0.1) is 0 Å². The molecule has 118 valence electrons. The van der Waals surface area contributed by atoms with Crippen molar-refractivity contribution in [3.05, 3.63) is 23.9 Å². The lowest BCUT2D eigenvalue weighted by Crippen LogP contribution is -2.20. The van der Waals surface area contributed by atoms with E-state index in [-0.39, 0.29) is 12.2 Å². The molecule has 5 heteroatoms. The molecule has 0 aromatic rings. The molecule has 0 aliphatic heterocycles. The zero-order chi connectivity index (χ0) is 15.9. The summed E-state index contributed by atoms with van der Waals surface area (Å²) in [6.07, 6.45) is 8.91. The first-order valence-corrected chi connectivity index (χ1v) is 7.50. The monoisotopic (exact) mass is 294 g/mol. The van der Waals surface area contributed by atoms with Gasteiger partial charge in [0, 0.05) is 13.1 Å². The normalized spacial score (nSPS) is 11.4. The van der Waals surface area contributed by atoms with E-state index in [1.165, 1.54) is 6.08 Å². The molecule has 0 spiro atoms. The molecule has 0 saturated heterocycles. The summed E-state index contributed by atoms with van der Waals surface area (Å²) in [5.41, 5.74) is -0.0122. The van der Waals surface area contributed by atoms with Gasteiger partial charge in [-0.3, -0.25) is 0 Å². The van der Waals surface area contributed by atoms with E-state index >= 15 is 0 Å². The maximum absolute atomic E-state index is 11.7. The van der Waals surface area contributed by atoms with Crippen molar-refractivity contribution in [2.45, 2.75) is 39.5 Å². The van der Waals surface area contributed by atoms with Crippen molar-refractivity contribution < 1.29 is 14.6 Å². The van der Waals surface area contributed by atoms with Crippen molar-refractivity contribution in [3.8, 4) is 6.07 Å². The predicted octanol–water partition coefficient (Wildman–Crippen LogP) is 2.39. The second kappa shape index (κ2) is 13.2. The van der Waals surface area contributed by atoms with Crippen molar-refractivity contribution in [2.24, 2.45) is 0 Å². The molecule has 0 amide bonds. The minimum absolute atomic E-state index is 0.0122. The molecule has 21 heavy (non-hydrogen) atoms. The Bertz CT molecular complexity index is 383. The Balaban J connectivity index is 4.28. The summed E-state index contributed by atoms with van der Waals surface area (Å²) in [6.45, 7) is 5.75. The fraction of sp³-hybridized carbons (Fsp3) is 0.625. The number of allylic oxidation sites excluding steroid dienone is 2. The van der Waals surface area contributed by atoms with E-state index < -0.39 is 5.97 Å². The number of hydrogen-bond donors (Lipinski definition) is 1. The number of nitrogens with zero attached hydrogens (tertiary/aromatic N) is 2. The highest BCUT2D eigenvalue weighted by Crippen LogP contribution is 2.02. The summed E-state index contributed by atoms with van der Waals surface area (Å²) in [7, 11) is 0. The van der Waals surface area contributed by atoms with Gasteiger partial charge in [0.25, 0.3) is 0 Å². The number of esters is 1. The molecule has 0 bridgehead atoms. The summed E-state index contributed by atoms with van der Waals surface area (Å²) in [5, 5.41) is 17.8. The van der Waals surface area contributed by atoms with Crippen LogP contribution < -0.4 is 0 Å². The Labute approximate surface area is 127 Å². The van der Waals surface area contributed by atoms with Crippen molar-refractivity contribution in [2.75, 3.05) is 26.3 Å². The zero-order valence-electron chi connectivity index (χ0n) is 13.0. The predicted molar refractivity (Wildman–Crippen MR) is 82.3 cm³/mol. The van der Waals surface area contributed by atoms with Crippen LogP contribution in [-0.2, 0) is 9.53 Å². The summed E-state index contributed by atoms with van der Waals surface area (Å²) in [5.74, 6) is -0.580. The van der Waals surface area contributed by atoms with Crippen LogP contribution in [0.1, 0.15) is 39.5 Å². The molecular weight excluding hydrogens is 268 g/mol. The van der Waals surface area contributed by atoms with E-state index in [4.69, 9.17) is 15.1 Å². The molecule has 0 fully saturated rings. The smallest absolute Gasteiger partial charge is 0.348 e. The van der Waals surface area contributed by atoms with Gasteiger partial charge in [-0.2, -0.15) is 5.26 Å². The van der Waals surface area contributed by atoms with Crippen LogP contribution in [0.2, 0.25) is 0 Å². The van der Waals surface area contributed by atoms with Crippen LogP contribution in [-0.4, -0.2) is 42.3 Å². The highest BCUT2D eigenvalue weighted by Gasteiger charge is 2.08. The first kappa shape index (κ1) is 19.2. The molecule has 0 aromatic carbocycles. The van der Waals surface area contributed by atoms with Crippen LogP contribution >= 0.6 is 0 Å². The van der Waals surface area contributed by atoms with Crippen LogP contribution in [0.4, 0.5) is 0 Å². The van der Waals surface area contributed by atoms with E-state index in [0.717, 1.165) is 32.2 Å². The second-order valence-corrected chi connectivity index (χ2v) is 4.58. The summed E-state index contributed by atoms with van der Waals surface area (Å²) in [6, 6.07) is 1.85. The van der Waals surface area contributed by atoms with Gasteiger partial charge in [-0.25, -0.2) is 4.79 Å². The van der Waals surface area contributed by atoms with Crippen LogP contribution in [0.15, 0.2) is 23.9 Å². The minimum Gasteiger partial charge on any atom is -0.462 e. The Morgan fingerprint density at radius 3 is 2.67 bits per heavy atom. The molecule has 0 rings (SSSR count). The number of aliphatic hydroxyl groups is 1. The van der Waals surface area contributed by atoms with Crippen LogP contribution in [0.25, 0.3) is 0 Å². The number of aliphatic hydroxyl groups excluding tert-OH is 1. The number of ether oxygens (including phenoxy) is 1. The van der Waals surface area contributed by atoms with E-state index in [0.29, 0.717) is 13.2 Å². The number of hydrogen-bond acceptors (Lipinski definition) is 5. The maximum Gasteiger partial charge on any atom is 0.348 e. The maximum atomic E-state index is 11.7. The number of likely N-dealkylation sites (N-methyl/N-ethyl adjacent to an activating group) is 1. The minimum atomic E-state index is -0.580. The Hall–Kier alpha value is -1.80. The van der Waals surface area contributed by atoms with Gasteiger partial charge >= 0.3 is 5.97 Å². The first-order valence-electron chi connectivity index (χ1n) is 7.50. The third-order valence-corrected chi connectivity index (χ3v) is 2.92. The molecule has 0 heterocycles. The second-order valence-electron chi connectivity index (χ2n) is 4.58. The quantitative estimate of drug-likeness (QED) is 0.208.